The highest BCUT2D eigenvalue weighted by Crippen LogP contribution is 2.36. The summed E-state index contributed by atoms with van der Waals surface area (Å²) in [5.41, 5.74) is 6.38. The number of aromatic nitrogens is 2. The average molecular weight is 367 g/mol. The van der Waals surface area contributed by atoms with Crippen LogP contribution in [0.5, 0.6) is 0 Å². The van der Waals surface area contributed by atoms with E-state index in [1.807, 2.05) is 11.9 Å². The molecule has 1 N–H and O–H groups in total. The van der Waals surface area contributed by atoms with Gasteiger partial charge in [-0.2, -0.15) is 5.10 Å². The van der Waals surface area contributed by atoms with Crippen LogP contribution in [0, 0.1) is 0 Å². The largest absolute Gasteiger partial charge is 0.334 e. The Labute approximate surface area is 161 Å². The first kappa shape index (κ1) is 18.2. The molecule has 0 bridgehead atoms. The van der Waals surface area contributed by atoms with Crippen molar-refractivity contribution in [2.75, 3.05) is 13.1 Å². The molecule has 2 aromatic rings. The first-order valence-electron chi connectivity index (χ1n) is 10.0. The zero-order valence-corrected chi connectivity index (χ0v) is 16.9. The molecule has 4 rings (SSSR count). The fraction of sp³-hybridized carbons (Fsp3) is 0.545. The van der Waals surface area contributed by atoms with Gasteiger partial charge in [0.2, 0.25) is 0 Å². The maximum absolute atomic E-state index is 12.9. The van der Waals surface area contributed by atoms with Crippen molar-refractivity contribution < 1.29 is 4.79 Å². The number of aryl methyl sites for hydroxylation is 1. The molecule has 0 saturated carbocycles. The van der Waals surface area contributed by atoms with Crippen molar-refractivity contribution in [1.29, 1.82) is 0 Å². The van der Waals surface area contributed by atoms with Crippen LogP contribution in [-0.4, -0.2) is 33.7 Å². The predicted molar refractivity (Wildman–Crippen MR) is 107 cm³/mol. The Kier molecular flexibility index (Phi) is 4.58. The molecule has 144 valence electrons. The Hall–Kier alpha value is -2.14. The second-order valence-corrected chi connectivity index (χ2v) is 8.98. The maximum Gasteiger partial charge on any atom is 0.257 e. The molecule has 27 heavy (non-hydrogen) atoms. The van der Waals surface area contributed by atoms with Crippen molar-refractivity contribution in [3.63, 3.8) is 0 Å². The van der Waals surface area contributed by atoms with Crippen LogP contribution in [0.4, 0.5) is 0 Å². The van der Waals surface area contributed by atoms with Crippen LogP contribution in [0.1, 0.15) is 72.3 Å². The first-order chi connectivity index (χ1) is 12.8. The standard InChI is InChI=1S/C22H30N4O/c1-22(2,3)17-10-15-7-9-26(21(27)16-12-24-25(4)13-16)14-19(15)18(11-17)20-6-5-8-23-20/h10-13,20,23H,5-9,14H2,1-4H3/t20-/m0/s1. The summed E-state index contributed by atoms with van der Waals surface area (Å²) in [7, 11) is 1.85. The normalized spacial score (nSPS) is 20.0. The number of fused-ring (bicyclic) bond motifs is 1. The topological polar surface area (TPSA) is 50.2 Å². The van der Waals surface area contributed by atoms with E-state index in [0.29, 0.717) is 18.2 Å². The highest BCUT2D eigenvalue weighted by atomic mass is 16.2. The molecule has 0 aliphatic carbocycles. The third kappa shape index (κ3) is 3.53. The maximum atomic E-state index is 12.9. The number of carbonyl (C=O) groups is 1. The molecule has 1 atom stereocenters. The van der Waals surface area contributed by atoms with E-state index in [2.05, 4.69) is 43.3 Å². The Morgan fingerprint density at radius 3 is 2.74 bits per heavy atom. The summed E-state index contributed by atoms with van der Waals surface area (Å²) in [6.45, 7) is 9.38. The smallest absolute Gasteiger partial charge is 0.257 e. The fourth-order valence-electron chi connectivity index (χ4n) is 4.28. The summed E-state index contributed by atoms with van der Waals surface area (Å²) in [6.07, 6.45) is 6.79. The lowest BCUT2D eigenvalue weighted by Crippen LogP contribution is -2.37. The molecule has 2 aliphatic heterocycles. The molecule has 2 aliphatic rings. The molecular formula is C22H30N4O. The van der Waals surface area contributed by atoms with E-state index >= 15 is 0 Å². The number of hydrogen-bond donors (Lipinski definition) is 1. The number of rotatable bonds is 2. The van der Waals surface area contributed by atoms with Crippen molar-refractivity contribution in [2.24, 2.45) is 7.05 Å². The zero-order chi connectivity index (χ0) is 19.2. The van der Waals surface area contributed by atoms with Gasteiger partial charge in [-0.15, -0.1) is 0 Å². The van der Waals surface area contributed by atoms with Crippen molar-refractivity contribution in [3.05, 3.63) is 52.3 Å². The SMILES string of the molecule is Cn1cc(C(=O)N2CCc3cc(C(C)(C)C)cc([C@@H]4CCCN4)c3C2)cn1. The second kappa shape index (κ2) is 6.79. The molecule has 0 spiro atoms. The summed E-state index contributed by atoms with van der Waals surface area (Å²) in [6, 6.07) is 5.18. The summed E-state index contributed by atoms with van der Waals surface area (Å²) in [4.78, 5) is 14.9. The van der Waals surface area contributed by atoms with E-state index < -0.39 is 0 Å². The number of nitrogens with one attached hydrogen (secondary N) is 1. The minimum atomic E-state index is 0.0824. The third-order valence-corrected chi connectivity index (χ3v) is 5.92. The van der Waals surface area contributed by atoms with Gasteiger partial charge in [-0.1, -0.05) is 32.9 Å². The van der Waals surface area contributed by atoms with Gasteiger partial charge >= 0.3 is 0 Å². The number of benzene rings is 1. The Morgan fingerprint density at radius 2 is 2.11 bits per heavy atom. The summed E-state index contributed by atoms with van der Waals surface area (Å²) < 4.78 is 1.69. The molecule has 1 aromatic heterocycles. The molecule has 5 nitrogen and oxygen atoms in total. The van der Waals surface area contributed by atoms with E-state index in [1.165, 1.54) is 35.1 Å². The van der Waals surface area contributed by atoms with Crippen LogP contribution in [0.25, 0.3) is 0 Å². The quantitative estimate of drug-likeness (QED) is 0.887. The molecule has 0 unspecified atom stereocenters. The van der Waals surface area contributed by atoms with Gasteiger partial charge in [-0.3, -0.25) is 9.48 Å². The van der Waals surface area contributed by atoms with Crippen LogP contribution in [-0.2, 0) is 25.4 Å². The lowest BCUT2D eigenvalue weighted by molar-refractivity contribution is 0.0733. The molecule has 3 heterocycles. The second-order valence-electron chi connectivity index (χ2n) is 8.98. The fourth-order valence-corrected chi connectivity index (χ4v) is 4.28. The summed E-state index contributed by atoms with van der Waals surface area (Å²) in [5.74, 6) is 0.0824. The van der Waals surface area contributed by atoms with Gasteiger partial charge < -0.3 is 10.2 Å². The Morgan fingerprint density at radius 1 is 1.30 bits per heavy atom. The molecule has 1 saturated heterocycles. The van der Waals surface area contributed by atoms with Crippen LogP contribution >= 0.6 is 0 Å². The highest BCUT2D eigenvalue weighted by Gasteiger charge is 2.29. The van der Waals surface area contributed by atoms with Gasteiger partial charge in [0.15, 0.2) is 0 Å². The predicted octanol–water partition coefficient (Wildman–Crippen LogP) is 3.34. The lowest BCUT2D eigenvalue weighted by Gasteiger charge is -2.33. The zero-order valence-electron chi connectivity index (χ0n) is 16.9. The monoisotopic (exact) mass is 366 g/mol. The third-order valence-electron chi connectivity index (χ3n) is 5.92. The van der Waals surface area contributed by atoms with Gasteiger partial charge in [0, 0.05) is 32.4 Å². The van der Waals surface area contributed by atoms with E-state index in [1.54, 1.807) is 17.1 Å². The number of carbonyl (C=O) groups excluding carboxylic acids is 1. The van der Waals surface area contributed by atoms with Crippen LogP contribution in [0.2, 0.25) is 0 Å². The van der Waals surface area contributed by atoms with Gasteiger partial charge in [-0.05, 0) is 53.5 Å². The van der Waals surface area contributed by atoms with E-state index in [4.69, 9.17) is 0 Å². The van der Waals surface area contributed by atoms with Gasteiger partial charge in [0.05, 0.1) is 11.8 Å². The van der Waals surface area contributed by atoms with Crippen molar-refractivity contribution in [2.45, 2.75) is 58.0 Å². The van der Waals surface area contributed by atoms with E-state index in [0.717, 1.165) is 19.5 Å². The molecule has 1 fully saturated rings. The van der Waals surface area contributed by atoms with E-state index in [9.17, 15) is 4.79 Å². The van der Waals surface area contributed by atoms with E-state index in [-0.39, 0.29) is 11.3 Å². The Bertz CT molecular complexity index is 856. The number of nitrogens with zero attached hydrogens (tertiary/aromatic N) is 3. The average Bonchev–Trinajstić information content (AvgIpc) is 3.30. The molecular weight excluding hydrogens is 336 g/mol. The van der Waals surface area contributed by atoms with Crippen LogP contribution < -0.4 is 5.32 Å². The molecule has 1 amide bonds. The van der Waals surface area contributed by atoms with Crippen molar-refractivity contribution >= 4 is 5.91 Å². The lowest BCUT2D eigenvalue weighted by atomic mass is 9.80. The Balaban J connectivity index is 1.70. The molecule has 5 heteroatoms. The molecule has 0 radical (unpaired) electrons. The van der Waals surface area contributed by atoms with Crippen LogP contribution in [0.15, 0.2) is 24.5 Å². The van der Waals surface area contributed by atoms with Crippen molar-refractivity contribution in [3.8, 4) is 0 Å². The minimum absolute atomic E-state index is 0.0824. The summed E-state index contributed by atoms with van der Waals surface area (Å²) in [5, 5.41) is 7.82. The van der Waals surface area contributed by atoms with Crippen LogP contribution in [0.3, 0.4) is 0 Å². The first-order valence-corrected chi connectivity index (χ1v) is 10.0. The van der Waals surface area contributed by atoms with Crippen molar-refractivity contribution in [1.82, 2.24) is 20.0 Å². The highest BCUT2D eigenvalue weighted by molar-refractivity contribution is 5.93. The van der Waals surface area contributed by atoms with Gasteiger partial charge in [0.25, 0.3) is 5.91 Å². The summed E-state index contributed by atoms with van der Waals surface area (Å²) >= 11 is 0. The number of hydrogen-bond acceptors (Lipinski definition) is 3. The molecule has 1 aromatic carbocycles. The van der Waals surface area contributed by atoms with Gasteiger partial charge in [-0.25, -0.2) is 0 Å². The van der Waals surface area contributed by atoms with Gasteiger partial charge in [0.1, 0.15) is 0 Å². The number of amides is 1. The minimum Gasteiger partial charge on any atom is -0.334 e.